The number of hydrogen-bond donors (Lipinski definition) is 2. The Bertz CT molecular complexity index is 1410. The summed E-state index contributed by atoms with van der Waals surface area (Å²) in [5, 5.41) is 14.7. The number of carbonyl (C=O) groups excluding carboxylic acids is 2. The molecule has 2 atom stereocenters. The molecule has 0 radical (unpaired) electrons. The second-order valence-electron chi connectivity index (χ2n) is 9.50. The van der Waals surface area contributed by atoms with Crippen LogP contribution >= 0.6 is 0 Å². The van der Waals surface area contributed by atoms with Crippen molar-refractivity contribution in [3.05, 3.63) is 88.0 Å². The fraction of sp³-hybridized carbons (Fsp3) is 0.310. The van der Waals surface area contributed by atoms with Gasteiger partial charge in [-0.15, -0.1) is 0 Å². The zero-order chi connectivity index (χ0) is 27.2. The lowest BCUT2D eigenvalue weighted by molar-refractivity contribution is -0.117. The SMILES string of the molecule is CN[C@@H](C)C(=O)Nc1ccc(-c2ccc(C#N)cc2)n(CC2CCCN(C(=O)c3ccc(F)cc3)C2)c1=O. The van der Waals surface area contributed by atoms with Crippen molar-refractivity contribution in [2.45, 2.75) is 32.4 Å². The van der Waals surface area contributed by atoms with Crippen LogP contribution in [-0.2, 0) is 11.3 Å². The number of nitrogens with one attached hydrogen (secondary N) is 2. The van der Waals surface area contributed by atoms with E-state index in [9.17, 15) is 18.8 Å². The van der Waals surface area contributed by atoms with E-state index in [1.54, 1.807) is 59.8 Å². The number of rotatable bonds is 7. The van der Waals surface area contributed by atoms with E-state index in [2.05, 4.69) is 16.7 Å². The molecular weight excluding hydrogens is 485 g/mol. The number of anilines is 1. The monoisotopic (exact) mass is 515 g/mol. The Morgan fingerprint density at radius 2 is 1.82 bits per heavy atom. The predicted octanol–water partition coefficient (Wildman–Crippen LogP) is 3.62. The molecular formula is C29H30FN5O3. The fourth-order valence-corrected chi connectivity index (χ4v) is 4.63. The molecule has 0 saturated carbocycles. The van der Waals surface area contributed by atoms with Crippen molar-refractivity contribution in [3.63, 3.8) is 0 Å². The van der Waals surface area contributed by atoms with Gasteiger partial charge in [-0.05, 0) is 86.8 Å². The van der Waals surface area contributed by atoms with E-state index in [4.69, 9.17) is 5.26 Å². The standard InChI is InChI=1S/C29H30FN5O3/c1-19(32-2)27(36)33-25-13-14-26(22-7-5-20(16-31)6-8-22)35(29(25)38)18-21-4-3-15-34(17-21)28(37)23-9-11-24(30)12-10-23/h5-14,19,21,32H,3-4,15,17-18H2,1-2H3,(H,33,36)/t19-,21?/m0/s1. The molecule has 2 amide bonds. The quantitative estimate of drug-likeness (QED) is 0.500. The van der Waals surface area contributed by atoms with Gasteiger partial charge in [0, 0.05) is 25.2 Å². The highest BCUT2D eigenvalue weighted by atomic mass is 19.1. The van der Waals surface area contributed by atoms with Gasteiger partial charge in [-0.3, -0.25) is 14.4 Å². The van der Waals surface area contributed by atoms with E-state index in [-0.39, 0.29) is 29.0 Å². The number of piperidine rings is 1. The van der Waals surface area contributed by atoms with Crippen LogP contribution < -0.4 is 16.2 Å². The van der Waals surface area contributed by atoms with E-state index in [1.165, 1.54) is 24.3 Å². The maximum Gasteiger partial charge on any atom is 0.274 e. The number of pyridine rings is 1. The van der Waals surface area contributed by atoms with Gasteiger partial charge in [0.05, 0.1) is 23.4 Å². The van der Waals surface area contributed by atoms with Crippen LogP contribution in [0.25, 0.3) is 11.3 Å². The Kier molecular flexibility index (Phi) is 8.34. The van der Waals surface area contributed by atoms with Crippen LogP contribution in [0.15, 0.2) is 65.5 Å². The third kappa shape index (κ3) is 5.98. The molecule has 196 valence electrons. The van der Waals surface area contributed by atoms with E-state index in [0.29, 0.717) is 36.5 Å². The maximum atomic E-state index is 13.6. The molecule has 1 aliphatic heterocycles. The van der Waals surface area contributed by atoms with Crippen molar-refractivity contribution in [1.82, 2.24) is 14.8 Å². The summed E-state index contributed by atoms with van der Waals surface area (Å²) in [5.41, 5.74) is 2.18. The summed E-state index contributed by atoms with van der Waals surface area (Å²) in [7, 11) is 1.67. The van der Waals surface area contributed by atoms with E-state index in [0.717, 1.165) is 18.4 Å². The van der Waals surface area contributed by atoms with Crippen molar-refractivity contribution in [2.24, 2.45) is 5.92 Å². The van der Waals surface area contributed by atoms with Crippen molar-refractivity contribution in [2.75, 3.05) is 25.5 Å². The second-order valence-corrected chi connectivity index (χ2v) is 9.50. The predicted molar refractivity (Wildman–Crippen MR) is 143 cm³/mol. The van der Waals surface area contributed by atoms with Crippen LogP contribution in [0, 0.1) is 23.1 Å². The first-order valence-corrected chi connectivity index (χ1v) is 12.6. The minimum atomic E-state index is -0.481. The van der Waals surface area contributed by atoms with Crippen LogP contribution in [0.4, 0.5) is 10.1 Å². The summed E-state index contributed by atoms with van der Waals surface area (Å²) in [6.45, 7) is 3.07. The average Bonchev–Trinajstić information content (AvgIpc) is 2.95. The number of amides is 2. The van der Waals surface area contributed by atoms with Crippen LogP contribution in [-0.4, -0.2) is 47.5 Å². The van der Waals surface area contributed by atoms with Crippen LogP contribution in [0.2, 0.25) is 0 Å². The molecule has 0 spiro atoms. The van der Waals surface area contributed by atoms with E-state index >= 15 is 0 Å². The molecule has 0 bridgehead atoms. The van der Waals surface area contributed by atoms with Gasteiger partial charge in [-0.2, -0.15) is 5.26 Å². The van der Waals surface area contributed by atoms with Crippen molar-refractivity contribution in [1.29, 1.82) is 5.26 Å². The van der Waals surface area contributed by atoms with Gasteiger partial charge in [0.15, 0.2) is 0 Å². The van der Waals surface area contributed by atoms with E-state index in [1.807, 2.05) is 0 Å². The van der Waals surface area contributed by atoms with Gasteiger partial charge in [-0.25, -0.2) is 4.39 Å². The fourth-order valence-electron chi connectivity index (χ4n) is 4.63. The molecule has 0 aliphatic carbocycles. The second kappa shape index (κ2) is 11.8. The lowest BCUT2D eigenvalue weighted by Gasteiger charge is -2.33. The molecule has 38 heavy (non-hydrogen) atoms. The normalized spacial score (nSPS) is 15.9. The molecule has 1 fully saturated rings. The summed E-state index contributed by atoms with van der Waals surface area (Å²) in [4.78, 5) is 40.9. The largest absolute Gasteiger partial charge is 0.338 e. The summed E-state index contributed by atoms with van der Waals surface area (Å²) in [6, 6.07) is 17.5. The van der Waals surface area contributed by atoms with Crippen LogP contribution in [0.1, 0.15) is 35.7 Å². The molecule has 8 nitrogen and oxygen atoms in total. The number of carbonyl (C=O) groups is 2. The zero-order valence-electron chi connectivity index (χ0n) is 21.4. The molecule has 1 saturated heterocycles. The number of benzene rings is 2. The molecule has 2 aromatic carbocycles. The zero-order valence-corrected chi connectivity index (χ0v) is 21.4. The average molecular weight is 516 g/mol. The first-order valence-electron chi connectivity index (χ1n) is 12.6. The lowest BCUT2D eigenvalue weighted by atomic mass is 9.96. The number of halogens is 1. The van der Waals surface area contributed by atoms with Crippen molar-refractivity contribution in [3.8, 4) is 17.3 Å². The number of nitriles is 1. The van der Waals surface area contributed by atoms with Gasteiger partial charge in [0.2, 0.25) is 5.91 Å². The molecule has 4 rings (SSSR count). The minimum absolute atomic E-state index is 0.00911. The summed E-state index contributed by atoms with van der Waals surface area (Å²) in [5.74, 6) is -0.901. The summed E-state index contributed by atoms with van der Waals surface area (Å²) < 4.78 is 15.0. The minimum Gasteiger partial charge on any atom is -0.338 e. The topological polar surface area (TPSA) is 107 Å². The molecule has 3 aromatic rings. The third-order valence-corrected chi connectivity index (χ3v) is 6.91. The molecule has 9 heteroatoms. The molecule has 1 aromatic heterocycles. The summed E-state index contributed by atoms with van der Waals surface area (Å²) >= 11 is 0. The highest BCUT2D eigenvalue weighted by molar-refractivity contribution is 5.95. The smallest absolute Gasteiger partial charge is 0.274 e. The summed E-state index contributed by atoms with van der Waals surface area (Å²) in [6.07, 6.45) is 1.59. The van der Waals surface area contributed by atoms with E-state index < -0.39 is 11.9 Å². The van der Waals surface area contributed by atoms with Gasteiger partial charge < -0.3 is 20.1 Å². The number of likely N-dealkylation sites (tertiary alicyclic amines) is 1. The van der Waals surface area contributed by atoms with Crippen molar-refractivity contribution >= 4 is 17.5 Å². The number of nitrogens with zero attached hydrogens (tertiary/aromatic N) is 3. The first-order chi connectivity index (χ1) is 18.3. The maximum absolute atomic E-state index is 13.6. The first kappa shape index (κ1) is 26.8. The Hall–Kier alpha value is -4.29. The molecule has 2 heterocycles. The van der Waals surface area contributed by atoms with Crippen LogP contribution in [0.3, 0.4) is 0 Å². The van der Waals surface area contributed by atoms with Gasteiger partial charge in [0.25, 0.3) is 11.5 Å². The number of aromatic nitrogens is 1. The highest BCUT2D eigenvalue weighted by Gasteiger charge is 2.26. The van der Waals surface area contributed by atoms with Crippen LogP contribution in [0.5, 0.6) is 0 Å². The van der Waals surface area contributed by atoms with Gasteiger partial charge in [-0.1, -0.05) is 12.1 Å². The number of likely N-dealkylation sites (N-methyl/N-ethyl adjacent to an activating group) is 1. The number of hydrogen-bond acceptors (Lipinski definition) is 5. The third-order valence-electron chi connectivity index (χ3n) is 6.91. The van der Waals surface area contributed by atoms with Gasteiger partial charge >= 0.3 is 0 Å². The van der Waals surface area contributed by atoms with Gasteiger partial charge in [0.1, 0.15) is 11.5 Å². The lowest BCUT2D eigenvalue weighted by Crippen LogP contribution is -2.42. The molecule has 1 aliphatic rings. The van der Waals surface area contributed by atoms with Crippen molar-refractivity contribution < 1.29 is 14.0 Å². The molecule has 2 N–H and O–H groups in total. The Morgan fingerprint density at radius 1 is 1.11 bits per heavy atom. The Morgan fingerprint density at radius 3 is 2.47 bits per heavy atom. The molecule has 1 unspecified atom stereocenters. The Balaban J connectivity index is 1.64. The Labute approximate surface area is 220 Å². The highest BCUT2D eigenvalue weighted by Crippen LogP contribution is 2.25.